The van der Waals surface area contributed by atoms with E-state index in [1.807, 2.05) is 0 Å². The van der Waals surface area contributed by atoms with Gasteiger partial charge < -0.3 is 5.32 Å². The molecule has 0 fully saturated rings. The number of carbonyl (C=O) groups excluding carboxylic acids is 1. The highest BCUT2D eigenvalue weighted by Gasteiger charge is 2.33. The smallest absolute Gasteiger partial charge is 0.265 e. The van der Waals surface area contributed by atoms with Crippen LogP contribution in [0.2, 0.25) is 0 Å². The van der Waals surface area contributed by atoms with Crippen LogP contribution in [0.1, 0.15) is 0 Å². The van der Waals surface area contributed by atoms with Gasteiger partial charge in [-0.25, -0.2) is 8.42 Å². The zero-order valence-corrected chi connectivity index (χ0v) is 13.2. The normalized spacial score (nSPS) is 14.5. The van der Waals surface area contributed by atoms with Crippen molar-refractivity contribution in [2.45, 2.75) is 4.90 Å². The predicted molar refractivity (Wildman–Crippen MR) is 83.7 cm³/mol. The number of rotatable bonds is 2. The van der Waals surface area contributed by atoms with Crippen molar-refractivity contribution in [3.05, 3.63) is 53.0 Å². The van der Waals surface area contributed by atoms with Gasteiger partial charge in [0.15, 0.2) is 0 Å². The number of para-hydroxylation sites is 2. The van der Waals surface area contributed by atoms with Gasteiger partial charge in [0, 0.05) is 4.47 Å². The first kappa shape index (κ1) is 14.1. The van der Waals surface area contributed by atoms with E-state index in [0.717, 1.165) is 4.31 Å². The highest BCUT2D eigenvalue weighted by molar-refractivity contribution is 9.10. The van der Waals surface area contributed by atoms with Crippen molar-refractivity contribution < 1.29 is 13.2 Å². The maximum Gasteiger partial charge on any atom is 0.265 e. The Morgan fingerprint density at radius 3 is 2.48 bits per heavy atom. The van der Waals surface area contributed by atoms with Gasteiger partial charge in [-0.2, -0.15) is 0 Å². The van der Waals surface area contributed by atoms with E-state index in [-0.39, 0.29) is 17.3 Å². The first-order valence-corrected chi connectivity index (χ1v) is 8.39. The highest BCUT2D eigenvalue weighted by atomic mass is 79.9. The van der Waals surface area contributed by atoms with Crippen molar-refractivity contribution in [2.75, 3.05) is 16.2 Å². The van der Waals surface area contributed by atoms with E-state index in [2.05, 4.69) is 21.2 Å². The minimum Gasteiger partial charge on any atom is -0.323 e. The van der Waals surface area contributed by atoms with Crippen molar-refractivity contribution in [1.29, 1.82) is 0 Å². The van der Waals surface area contributed by atoms with Crippen LogP contribution in [0.5, 0.6) is 0 Å². The Morgan fingerprint density at radius 1 is 1.05 bits per heavy atom. The first-order valence-electron chi connectivity index (χ1n) is 6.16. The first-order chi connectivity index (χ1) is 10.00. The SMILES string of the molecule is O=C1CN(S(=O)(=O)c2ccccc2Br)c2ccccc2N1. The number of carbonyl (C=O) groups is 1. The topological polar surface area (TPSA) is 66.5 Å². The van der Waals surface area contributed by atoms with Gasteiger partial charge in [-0.3, -0.25) is 9.10 Å². The fourth-order valence-electron chi connectivity index (χ4n) is 2.19. The summed E-state index contributed by atoms with van der Waals surface area (Å²) in [6, 6.07) is 13.4. The lowest BCUT2D eigenvalue weighted by Gasteiger charge is -2.30. The number of sulfonamides is 1. The second kappa shape index (κ2) is 5.16. The number of halogens is 1. The van der Waals surface area contributed by atoms with Crippen LogP contribution in [0.25, 0.3) is 0 Å². The molecule has 0 saturated carbocycles. The van der Waals surface area contributed by atoms with E-state index >= 15 is 0 Å². The van der Waals surface area contributed by atoms with Crippen LogP contribution in [0.3, 0.4) is 0 Å². The van der Waals surface area contributed by atoms with Crippen LogP contribution in [0.4, 0.5) is 11.4 Å². The lowest BCUT2D eigenvalue weighted by molar-refractivity contribution is -0.115. The van der Waals surface area contributed by atoms with Crippen molar-refractivity contribution in [1.82, 2.24) is 0 Å². The van der Waals surface area contributed by atoms with Crippen molar-refractivity contribution >= 4 is 43.2 Å². The number of hydrogen-bond donors (Lipinski definition) is 1. The van der Waals surface area contributed by atoms with Gasteiger partial charge in [-0.05, 0) is 40.2 Å². The van der Waals surface area contributed by atoms with E-state index in [1.165, 1.54) is 6.07 Å². The summed E-state index contributed by atoms with van der Waals surface area (Å²) < 4.78 is 27.3. The fraction of sp³-hybridized carbons (Fsp3) is 0.0714. The van der Waals surface area contributed by atoms with Crippen LogP contribution in [-0.4, -0.2) is 20.9 Å². The molecular formula is C14H11BrN2O3S. The number of nitrogens with one attached hydrogen (secondary N) is 1. The molecule has 5 nitrogen and oxygen atoms in total. The maximum atomic E-state index is 12.8. The molecule has 0 spiro atoms. The van der Waals surface area contributed by atoms with Gasteiger partial charge in [0.2, 0.25) is 5.91 Å². The van der Waals surface area contributed by atoms with Crippen molar-refractivity contribution in [3.63, 3.8) is 0 Å². The molecule has 0 atom stereocenters. The van der Waals surface area contributed by atoms with Crippen molar-refractivity contribution in [3.8, 4) is 0 Å². The average Bonchev–Trinajstić information content (AvgIpc) is 2.46. The minimum atomic E-state index is -3.81. The van der Waals surface area contributed by atoms with Crippen LogP contribution in [0, 0.1) is 0 Å². The van der Waals surface area contributed by atoms with E-state index in [0.29, 0.717) is 15.8 Å². The van der Waals surface area contributed by atoms with E-state index in [4.69, 9.17) is 0 Å². The summed E-state index contributed by atoms with van der Waals surface area (Å²) >= 11 is 3.25. The van der Waals surface area contributed by atoms with Crippen LogP contribution >= 0.6 is 15.9 Å². The Labute approximate surface area is 130 Å². The molecule has 0 bridgehead atoms. The molecule has 1 amide bonds. The third-order valence-electron chi connectivity index (χ3n) is 3.14. The molecule has 2 aromatic carbocycles. The zero-order chi connectivity index (χ0) is 15.0. The van der Waals surface area contributed by atoms with E-state index < -0.39 is 10.0 Å². The number of amides is 1. The Morgan fingerprint density at radius 2 is 1.71 bits per heavy atom. The summed E-state index contributed by atoms with van der Waals surface area (Å²) in [6.45, 7) is -0.235. The van der Waals surface area contributed by atoms with Gasteiger partial charge in [-0.1, -0.05) is 24.3 Å². The molecule has 1 aliphatic rings. The average molecular weight is 367 g/mol. The Bertz CT molecular complexity index is 820. The summed E-state index contributed by atoms with van der Waals surface area (Å²) in [4.78, 5) is 11.9. The molecule has 2 aromatic rings. The molecule has 108 valence electrons. The molecule has 3 rings (SSSR count). The van der Waals surface area contributed by atoms with Gasteiger partial charge in [0.25, 0.3) is 10.0 Å². The minimum absolute atomic E-state index is 0.134. The Hall–Kier alpha value is -1.86. The quantitative estimate of drug-likeness (QED) is 0.887. The van der Waals surface area contributed by atoms with Gasteiger partial charge >= 0.3 is 0 Å². The van der Waals surface area contributed by atoms with Gasteiger partial charge in [-0.15, -0.1) is 0 Å². The van der Waals surface area contributed by atoms with Crippen LogP contribution in [-0.2, 0) is 14.8 Å². The fourth-order valence-corrected chi connectivity index (χ4v) is 4.60. The number of benzene rings is 2. The lowest BCUT2D eigenvalue weighted by atomic mass is 10.2. The van der Waals surface area contributed by atoms with Crippen molar-refractivity contribution in [2.24, 2.45) is 0 Å². The predicted octanol–water partition coefficient (Wildman–Crippen LogP) is 2.60. The summed E-state index contributed by atoms with van der Waals surface area (Å²) in [5, 5.41) is 2.67. The number of fused-ring (bicyclic) bond motifs is 1. The van der Waals surface area contributed by atoms with E-state index in [1.54, 1.807) is 42.5 Å². The summed E-state index contributed by atoms with van der Waals surface area (Å²) in [5.41, 5.74) is 0.956. The van der Waals surface area contributed by atoms with Crippen LogP contribution in [0.15, 0.2) is 57.9 Å². The molecule has 0 saturated heterocycles. The molecule has 1 aliphatic heterocycles. The zero-order valence-electron chi connectivity index (χ0n) is 10.8. The molecule has 21 heavy (non-hydrogen) atoms. The molecule has 1 N–H and O–H groups in total. The molecule has 0 aromatic heterocycles. The Balaban J connectivity index is 2.16. The molecule has 0 radical (unpaired) electrons. The van der Waals surface area contributed by atoms with Gasteiger partial charge in [0.1, 0.15) is 11.4 Å². The molecule has 7 heteroatoms. The highest BCUT2D eigenvalue weighted by Crippen LogP contribution is 2.34. The molecule has 1 heterocycles. The number of nitrogens with zero attached hydrogens (tertiary/aromatic N) is 1. The molecule has 0 unspecified atom stereocenters. The number of hydrogen-bond acceptors (Lipinski definition) is 3. The number of anilines is 2. The summed E-state index contributed by atoms with van der Waals surface area (Å²) in [7, 11) is -3.81. The second-order valence-corrected chi connectivity index (χ2v) is 7.19. The van der Waals surface area contributed by atoms with Gasteiger partial charge in [0.05, 0.1) is 11.4 Å². The molecule has 0 aliphatic carbocycles. The molecular weight excluding hydrogens is 356 g/mol. The maximum absolute atomic E-state index is 12.8. The Kier molecular flexibility index (Phi) is 3.46. The summed E-state index contributed by atoms with van der Waals surface area (Å²) in [6.07, 6.45) is 0. The van der Waals surface area contributed by atoms with E-state index in [9.17, 15) is 13.2 Å². The monoisotopic (exact) mass is 366 g/mol. The lowest BCUT2D eigenvalue weighted by Crippen LogP contribution is -2.42. The van der Waals surface area contributed by atoms with Crippen LogP contribution < -0.4 is 9.62 Å². The standard InChI is InChI=1S/C14H11BrN2O3S/c15-10-5-1-4-8-13(10)21(19,20)17-9-14(18)16-11-6-2-3-7-12(11)17/h1-8H,9H2,(H,16,18). The summed E-state index contributed by atoms with van der Waals surface area (Å²) in [5.74, 6) is -0.357. The second-order valence-electron chi connectivity index (χ2n) is 4.51. The third kappa shape index (κ3) is 2.43. The third-order valence-corrected chi connectivity index (χ3v) is 5.91. The largest absolute Gasteiger partial charge is 0.323 e.